The zero-order valence-corrected chi connectivity index (χ0v) is 13.4. The van der Waals surface area contributed by atoms with Crippen LogP contribution >= 0.6 is 0 Å². The van der Waals surface area contributed by atoms with Gasteiger partial charge in [-0.25, -0.2) is 4.39 Å². The molecule has 4 rings (SSSR count). The van der Waals surface area contributed by atoms with E-state index in [0.717, 1.165) is 45.6 Å². The lowest BCUT2D eigenvalue weighted by atomic mass is 9.79. The second-order valence-corrected chi connectivity index (χ2v) is 6.78. The molecule has 2 aliphatic heterocycles. The number of benzene rings is 1. The van der Waals surface area contributed by atoms with Crippen molar-refractivity contribution in [3.63, 3.8) is 0 Å². The van der Waals surface area contributed by atoms with Gasteiger partial charge in [0.1, 0.15) is 11.5 Å². The summed E-state index contributed by atoms with van der Waals surface area (Å²) in [6.07, 6.45) is 3.11. The number of rotatable bonds is 2. The van der Waals surface area contributed by atoms with Gasteiger partial charge in [-0.15, -0.1) is 0 Å². The molecule has 0 aliphatic carbocycles. The molecule has 24 heavy (non-hydrogen) atoms. The Kier molecular flexibility index (Phi) is 3.84. The fraction of sp³-hybridized carbons (Fsp3) is 0.444. The van der Waals surface area contributed by atoms with Crippen molar-refractivity contribution in [3.8, 4) is 11.3 Å². The first-order chi connectivity index (χ1) is 11.7. The van der Waals surface area contributed by atoms with Crippen molar-refractivity contribution in [2.24, 2.45) is 5.41 Å². The van der Waals surface area contributed by atoms with Crippen molar-refractivity contribution in [1.29, 1.82) is 0 Å². The smallest absolute Gasteiger partial charge is 0.271 e. The first-order valence-electron chi connectivity index (χ1n) is 8.34. The van der Waals surface area contributed by atoms with E-state index in [1.54, 1.807) is 24.3 Å². The zero-order chi connectivity index (χ0) is 16.6. The Labute approximate surface area is 139 Å². The van der Waals surface area contributed by atoms with Crippen molar-refractivity contribution >= 4 is 5.91 Å². The third-order valence-corrected chi connectivity index (χ3v) is 5.09. The number of aromatic nitrogens is 2. The summed E-state index contributed by atoms with van der Waals surface area (Å²) in [5, 5.41) is 6.88. The van der Waals surface area contributed by atoms with Gasteiger partial charge in [0, 0.05) is 30.7 Å². The number of halogens is 1. The molecule has 6 heteroatoms. The van der Waals surface area contributed by atoms with Gasteiger partial charge in [0.05, 0.1) is 12.3 Å². The molecular formula is C18H20FN3O2. The van der Waals surface area contributed by atoms with E-state index in [2.05, 4.69) is 10.2 Å². The Morgan fingerprint density at radius 1 is 1.33 bits per heavy atom. The summed E-state index contributed by atoms with van der Waals surface area (Å²) < 4.78 is 19.4. The molecule has 126 valence electrons. The van der Waals surface area contributed by atoms with Crippen LogP contribution in [0.5, 0.6) is 0 Å². The summed E-state index contributed by atoms with van der Waals surface area (Å²) in [6, 6.07) is 8.07. The molecule has 0 unspecified atom stereocenters. The molecule has 2 saturated heterocycles. The van der Waals surface area contributed by atoms with Gasteiger partial charge in [-0.05, 0) is 37.5 Å². The Balaban J connectivity index is 1.54. The molecule has 2 aliphatic rings. The lowest BCUT2D eigenvalue weighted by Gasteiger charge is -2.39. The van der Waals surface area contributed by atoms with Crippen molar-refractivity contribution < 1.29 is 13.9 Å². The maximum atomic E-state index is 13.9. The Hall–Kier alpha value is -2.21. The molecule has 1 atom stereocenters. The Bertz CT molecular complexity index is 752. The van der Waals surface area contributed by atoms with E-state index in [4.69, 9.17) is 4.74 Å². The number of hydrogen-bond donors (Lipinski definition) is 1. The molecule has 5 nitrogen and oxygen atoms in total. The highest BCUT2D eigenvalue weighted by Gasteiger charge is 2.40. The topological polar surface area (TPSA) is 58.2 Å². The predicted octanol–water partition coefficient (Wildman–Crippen LogP) is 2.86. The predicted molar refractivity (Wildman–Crippen MR) is 87.0 cm³/mol. The molecule has 1 aromatic heterocycles. The van der Waals surface area contributed by atoms with Crippen LogP contribution in [0, 0.1) is 11.2 Å². The van der Waals surface area contributed by atoms with E-state index in [-0.39, 0.29) is 17.1 Å². The van der Waals surface area contributed by atoms with Gasteiger partial charge < -0.3 is 9.64 Å². The van der Waals surface area contributed by atoms with Gasteiger partial charge in [-0.2, -0.15) is 5.10 Å². The third-order valence-electron chi connectivity index (χ3n) is 5.09. The highest BCUT2D eigenvalue weighted by molar-refractivity contribution is 5.93. The molecule has 1 amide bonds. The SMILES string of the molecule is O=C(c1cc(-c2ccccc2F)n[nH]1)N1CCC[C@@]2(CCOC2)C1. The molecule has 2 fully saturated rings. The fourth-order valence-electron chi connectivity index (χ4n) is 3.76. The lowest BCUT2D eigenvalue weighted by Crippen LogP contribution is -2.46. The standard InChI is InChI=1S/C18H20FN3O2/c19-14-5-2-1-4-13(14)15-10-16(21-20-15)17(23)22-8-3-6-18(11-22)7-9-24-12-18/h1-2,4-5,10H,3,6-9,11-12H2,(H,20,21)/t18-/m1/s1. The first-order valence-corrected chi connectivity index (χ1v) is 8.34. The second kappa shape index (κ2) is 6.02. The van der Waals surface area contributed by atoms with Gasteiger partial charge in [0.25, 0.3) is 5.91 Å². The van der Waals surface area contributed by atoms with Crippen LogP contribution in [0.15, 0.2) is 30.3 Å². The highest BCUT2D eigenvalue weighted by atomic mass is 19.1. The number of H-pyrrole nitrogens is 1. The normalized spacial score (nSPS) is 23.8. The molecule has 1 N–H and O–H groups in total. The van der Waals surface area contributed by atoms with E-state index in [1.807, 2.05) is 4.90 Å². The molecule has 3 heterocycles. The number of likely N-dealkylation sites (tertiary alicyclic amines) is 1. The van der Waals surface area contributed by atoms with Gasteiger partial charge in [-0.3, -0.25) is 9.89 Å². The summed E-state index contributed by atoms with van der Waals surface area (Å²) in [5.41, 5.74) is 1.37. The summed E-state index contributed by atoms with van der Waals surface area (Å²) in [7, 11) is 0. The monoisotopic (exact) mass is 329 g/mol. The van der Waals surface area contributed by atoms with Crippen molar-refractivity contribution in [1.82, 2.24) is 15.1 Å². The van der Waals surface area contributed by atoms with Crippen LogP contribution in [0.4, 0.5) is 4.39 Å². The average molecular weight is 329 g/mol. The molecule has 1 spiro atoms. The quantitative estimate of drug-likeness (QED) is 0.922. The van der Waals surface area contributed by atoms with E-state index < -0.39 is 0 Å². The van der Waals surface area contributed by atoms with E-state index in [9.17, 15) is 9.18 Å². The van der Waals surface area contributed by atoms with Gasteiger partial charge in [0.15, 0.2) is 0 Å². The Morgan fingerprint density at radius 3 is 3.00 bits per heavy atom. The maximum Gasteiger partial charge on any atom is 0.271 e. The van der Waals surface area contributed by atoms with Crippen LogP contribution in [0.2, 0.25) is 0 Å². The molecule has 0 radical (unpaired) electrons. The zero-order valence-electron chi connectivity index (χ0n) is 13.4. The van der Waals surface area contributed by atoms with E-state index >= 15 is 0 Å². The van der Waals surface area contributed by atoms with Gasteiger partial charge in [0.2, 0.25) is 0 Å². The number of carbonyl (C=O) groups excluding carboxylic acids is 1. The number of nitrogens with one attached hydrogen (secondary N) is 1. The van der Waals surface area contributed by atoms with Crippen LogP contribution in [-0.2, 0) is 4.74 Å². The molecular weight excluding hydrogens is 309 g/mol. The van der Waals surface area contributed by atoms with Crippen molar-refractivity contribution in [2.75, 3.05) is 26.3 Å². The number of carbonyl (C=O) groups is 1. The van der Waals surface area contributed by atoms with Crippen LogP contribution in [-0.4, -0.2) is 47.3 Å². The van der Waals surface area contributed by atoms with Crippen LogP contribution in [0.25, 0.3) is 11.3 Å². The summed E-state index contributed by atoms with van der Waals surface area (Å²) in [6.45, 7) is 2.98. The largest absolute Gasteiger partial charge is 0.381 e. The Morgan fingerprint density at radius 2 is 2.21 bits per heavy atom. The average Bonchev–Trinajstić information content (AvgIpc) is 3.25. The first kappa shape index (κ1) is 15.3. The number of nitrogens with zero attached hydrogens (tertiary/aromatic N) is 2. The molecule has 1 aromatic carbocycles. The number of piperidine rings is 1. The van der Waals surface area contributed by atoms with Crippen LogP contribution in [0.3, 0.4) is 0 Å². The lowest BCUT2D eigenvalue weighted by molar-refractivity contribution is 0.0457. The van der Waals surface area contributed by atoms with Crippen molar-refractivity contribution in [3.05, 3.63) is 41.8 Å². The third kappa shape index (κ3) is 2.71. The summed E-state index contributed by atoms with van der Waals surface area (Å²) >= 11 is 0. The fourth-order valence-corrected chi connectivity index (χ4v) is 3.76. The summed E-state index contributed by atoms with van der Waals surface area (Å²) in [5.74, 6) is -0.418. The summed E-state index contributed by atoms with van der Waals surface area (Å²) in [4.78, 5) is 14.7. The number of aromatic amines is 1. The number of ether oxygens (including phenoxy) is 1. The molecule has 0 bridgehead atoms. The van der Waals surface area contributed by atoms with Crippen LogP contribution in [0.1, 0.15) is 29.8 Å². The number of amides is 1. The van der Waals surface area contributed by atoms with Gasteiger partial charge in [-0.1, -0.05) is 12.1 Å². The number of hydrogen-bond acceptors (Lipinski definition) is 3. The van der Waals surface area contributed by atoms with E-state index in [0.29, 0.717) is 17.0 Å². The van der Waals surface area contributed by atoms with E-state index in [1.165, 1.54) is 6.07 Å². The minimum atomic E-state index is -0.344. The molecule has 2 aromatic rings. The minimum absolute atomic E-state index is 0.0731. The second-order valence-electron chi connectivity index (χ2n) is 6.78. The van der Waals surface area contributed by atoms with Crippen LogP contribution < -0.4 is 0 Å². The minimum Gasteiger partial charge on any atom is -0.381 e. The maximum absolute atomic E-state index is 13.9. The van der Waals surface area contributed by atoms with Crippen molar-refractivity contribution in [2.45, 2.75) is 19.3 Å². The molecule has 0 saturated carbocycles. The highest BCUT2D eigenvalue weighted by Crippen LogP contribution is 2.38. The van der Waals surface area contributed by atoms with Gasteiger partial charge >= 0.3 is 0 Å².